The van der Waals surface area contributed by atoms with Gasteiger partial charge in [-0.2, -0.15) is 0 Å². The van der Waals surface area contributed by atoms with E-state index in [1.807, 2.05) is 0 Å². The molecular formula is C7H14O6. The highest BCUT2D eigenvalue weighted by atomic mass is 16.7. The molecule has 0 aliphatic heterocycles. The van der Waals surface area contributed by atoms with E-state index in [1.54, 1.807) is 6.92 Å². The number of carbonyl (C=O) groups is 2. The Bertz CT molecular complexity index is 141. The topological polar surface area (TPSA) is 93.1 Å². The first-order valence-electron chi connectivity index (χ1n) is 3.56. The van der Waals surface area contributed by atoms with Gasteiger partial charge in [-0.05, 0) is 6.92 Å². The van der Waals surface area contributed by atoms with E-state index in [-0.39, 0.29) is 0 Å². The van der Waals surface area contributed by atoms with Crippen molar-refractivity contribution >= 4 is 11.9 Å². The van der Waals surface area contributed by atoms with Crippen molar-refractivity contribution < 1.29 is 29.3 Å². The highest BCUT2D eigenvalue weighted by Crippen LogP contribution is 1.74. The van der Waals surface area contributed by atoms with Crippen molar-refractivity contribution in [3.05, 3.63) is 0 Å². The predicted molar refractivity (Wildman–Crippen MR) is 42.3 cm³/mol. The second-order valence-electron chi connectivity index (χ2n) is 1.87. The molecule has 0 radical (unpaired) electrons. The van der Waals surface area contributed by atoms with Crippen molar-refractivity contribution in [2.24, 2.45) is 0 Å². The lowest BCUT2D eigenvalue weighted by atomic mass is 10.7. The number of aliphatic hydroxyl groups excluding tert-OH is 1. The second-order valence-corrected chi connectivity index (χ2v) is 1.87. The lowest BCUT2D eigenvalue weighted by Gasteiger charge is -1.98. The molecular weight excluding hydrogens is 180 g/mol. The van der Waals surface area contributed by atoms with Crippen LogP contribution in [0.15, 0.2) is 0 Å². The third kappa shape index (κ3) is 24.7. The van der Waals surface area contributed by atoms with Crippen LogP contribution in [0.1, 0.15) is 20.8 Å². The van der Waals surface area contributed by atoms with E-state index in [9.17, 15) is 9.59 Å². The molecule has 0 spiro atoms. The quantitative estimate of drug-likeness (QED) is 0.346. The van der Waals surface area contributed by atoms with Crippen molar-refractivity contribution in [1.82, 2.24) is 0 Å². The van der Waals surface area contributed by atoms with Crippen LogP contribution < -0.4 is 0 Å². The Hall–Kier alpha value is -0.980. The third-order valence-electron chi connectivity index (χ3n) is 0.603. The first-order chi connectivity index (χ1) is 5.90. The maximum absolute atomic E-state index is 9.81. The van der Waals surface area contributed by atoms with Gasteiger partial charge in [-0.1, -0.05) is 0 Å². The summed E-state index contributed by atoms with van der Waals surface area (Å²) in [6.07, 6.45) is 0. The second kappa shape index (κ2) is 9.11. The molecule has 0 amide bonds. The fourth-order valence-corrected chi connectivity index (χ4v) is 0.351. The van der Waals surface area contributed by atoms with Gasteiger partial charge < -0.3 is 19.7 Å². The van der Waals surface area contributed by atoms with Gasteiger partial charge in [-0.15, -0.1) is 0 Å². The first-order valence-corrected chi connectivity index (χ1v) is 3.56. The number of rotatable bonds is 2. The van der Waals surface area contributed by atoms with Gasteiger partial charge in [0, 0.05) is 20.5 Å². The Morgan fingerprint density at radius 2 is 1.62 bits per heavy atom. The Balaban J connectivity index is 0. The fraction of sp³-hybridized carbons (Fsp3) is 0.714. The van der Waals surface area contributed by atoms with E-state index < -0.39 is 18.4 Å². The van der Waals surface area contributed by atoms with E-state index in [0.717, 1.165) is 0 Å². The molecule has 0 aromatic carbocycles. The zero-order chi connectivity index (χ0) is 10.9. The number of hydrogen-bond acceptors (Lipinski definition) is 6. The molecule has 0 aliphatic carbocycles. The van der Waals surface area contributed by atoms with Crippen molar-refractivity contribution in [1.29, 1.82) is 0 Å². The Morgan fingerprint density at radius 3 is 1.62 bits per heavy atom. The summed E-state index contributed by atoms with van der Waals surface area (Å²) in [6, 6.07) is 0. The van der Waals surface area contributed by atoms with Crippen LogP contribution in [0.3, 0.4) is 0 Å². The van der Waals surface area contributed by atoms with Gasteiger partial charge >= 0.3 is 11.9 Å². The number of aliphatic hydroxyl groups is 2. The maximum Gasteiger partial charge on any atom is 0.310 e. The summed E-state index contributed by atoms with van der Waals surface area (Å²) in [7, 11) is 0. The molecule has 0 unspecified atom stereocenters. The number of hydrogen-bond donors (Lipinski definition) is 2. The highest BCUT2D eigenvalue weighted by molar-refractivity contribution is 5.82. The van der Waals surface area contributed by atoms with Crippen LogP contribution in [0.5, 0.6) is 0 Å². The molecule has 6 nitrogen and oxygen atoms in total. The van der Waals surface area contributed by atoms with E-state index in [1.165, 1.54) is 13.8 Å². The summed E-state index contributed by atoms with van der Waals surface area (Å²) in [6.45, 7) is 2.77. The first kappa shape index (κ1) is 14.5. The van der Waals surface area contributed by atoms with Crippen molar-refractivity contribution in [2.75, 3.05) is 6.61 Å². The summed E-state index contributed by atoms with van der Waals surface area (Å²) in [4.78, 5) is 19.6. The van der Waals surface area contributed by atoms with Gasteiger partial charge in [0.25, 0.3) is 6.48 Å². The summed E-state index contributed by atoms with van der Waals surface area (Å²) in [5, 5.41) is 15.8. The molecule has 0 saturated carbocycles. The smallest absolute Gasteiger partial charge is 0.310 e. The standard InChI is InChI=1S/C4H6O3.C3H8O3/c1-3(5)7-4(2)6;1-2-6-3(4)5/h1-2H3;3-5H,2H2,1H3. The van der Waals surface area contributed by atoms with E-state index in [0.29, 0.717) is 6.61 Å². The molecule has 0 bridgehead atoms. The molecule has 0 atom stereocenters. The largest absolute Gasteiger partial charge is 0.394 e. The molecule has 13 heavy (non-hydrogen) atoms. The average Bonchev–Trinajstić information content (AvgIpc) is 1.83. The minimum Gasteiger partial charge on any atom is -0.394 e. The van der Waals surface area contributed by atoms with Gasteiger partial charge in [0.2, 0.25) is 0 Å². The van der Waals surface area contributed by atoms with E-state index in [2.05, 4.69) is 9.47 Å². The van der Waals surface area contributed by atoms with Crippen LogP contribution in [0.2, 0.25) is 0 Å². The minimum absolute atomic E-state index is 0.331. The van der Waals surface area contributed by atoms with Gasteiger partial charge in [-0.3, -0.25) is 9.59 Å². The monoisotopic (exact) mass is 194 g/mol. The zero-order valence-corrected chi connectivity index (χ0v) is 7.81. The molecule has 0 saturated heterocycles. The van der Waals surface area contributed by atoms with Crippen LogP contribution >= 0.6 is 0 Å². The van der Waals surface area contributed by atoms with Crippen LogP contribution in [0, 0.1) is 0 Å². The molecule has 0 aliphatic rings. The molecule has 0 aromatic rings. The van der Waals surface area contributed by atoms with Crippen LogP contribution in [0.4, 0.5) is 0 Å². The maximum atomic E-state index is 9.81. The van der Waals surface area contributed by atoms with Crippen molar-refractivity contribution in [3.8, 4) is 0 Å². The van der Waals surface area contributed by atoms with Gasteiger partial charge in [-0.25, -0.2) is 0 Å². The van der Waals surface area contributed by atoms with Gasteiger partial charge in [0.15, 0.2) is 0 Å². The molecule has 2 N–H and O–H groups in total. The molecule has 0 rings (SSSR count). The SMILES string of the molecule is CC(=O)OC(C)=O.CCOC(O)O. The number of esters is 2. The molecule has 0 heterocycles. The zero-order valence-electron chi connectivity index (χ0n) is 7.81. The molecule has 0 aromatic heterocycles. The van der Waals surface area contributed by atoms with E-state index in [4.69, 9.17) is 10.2 Å². The van der Waals surface area contributed by atoms with Crippen molar-refractivity contribution in [3.63, 3.8) is 0 Å². The molecule has 0 fully saturated rings. The Labute approximate surface area is 76.1 Å². The minimum atomic E-state index is -1.60. The lowest BCUT2D eigenvalue weighted by Crippen LogP contribution is -2.08. The van der Waals surface area contributed by atoms with Gasteiger partial charge in [0.05, 0.1) is 0 Å². The summed E-state index contributed by atoms with van der Waals surface area (Å²) in [5.41, 5.74) is 0. The lowest BCUT2D eigenvalue weighted by molar-refractivity contribution is -0.231. The van der Waals surface area contributed by atoms with Gasteiger partial charge in [0.1, 0.15) is 0 Å². The Kier molecular flexibility index (Phi) is 10.2. The summed E-state index contributed by atoms with van der Waals surface area (Å²) >= 11 is 0. The van der Waals surface area contributed by atoms with Crippen LogP contribution in [-0.4, -0.2) is 35.2 Å². The van der Waals surface area contributed by atoms with Crippen LogP contribution in [-0.2, 0) is 19.1 Å². The third-order valence-corrected chi connectivity index (χ3v) is 0.603. The fourth-order valence-electron chi connectivity index (χ4n) is 0.351. The number of ether oxygens (including phenoxy) is 2. The Morgan fingerprint density at radius 1 is 1.23 bits per heavy atom. The predicted octanol–water partition coefficient (Wildman–Crippen LogP) is -0.613. The van der Waals surface area contributed by atoms with E-state index >= 15 is 0 Å². The normalized spacial score (nSPS) is 8.77. The van der Waals surface area contributed by atoms with Crippen LogP contribution in [0.25, 0.3) is 0 Å². The molecule has 78 valence electrons. The summed E-state index contributed by atoms with van der Waals surface area (Å²) in [5.74, 6) is -1.12. The number of carbonyl (C=O) groups excluding carboxylic acids is 2. The molecule has 6 heteroatoms. The highest BCUT2D eigenvalue weighted by Gasteiger charge is 1.93. The van der Waals surface area contributed by atoms with Crippen molar-refractivity contribution in [2.45, 2.75) is 27.2 Å². The average molecular weight is 194 g/mol. The summed E-state index contributed by atoms with van der Waals surface area (Å²) < 4.78 is 8.12.